The zero-order valence-corrected chi connectivity index (χ0v) is 11.7. The van der Waals surface area contributed by atoms with E-state index in [1.165, 1.54) is 0 Å². The third kappa shape index (κ3) is 2.00. The van der Waals surface area contributed by atoms with Crippen LogP contribution in [0, 0.1) is 0 Å². The maximum absolute atomic E-state index is 6.18. The summed E-state index contributed by atoms with van der Waals surface area (Å²) in [7, 11) is 0. The van der Waals surface area contributed by atoms with Crippen molar-refractivity contribution in [3.05, 3.63) is 66.9 Å². The molecule has 0 saturated heterocycles. The van der Waals surface area contributed by atoms with E-state index in [0.717, 1.165) is 16.6 Å². The third-order valence-corrected chi connectivity index (χ3v) is 3.50. The number of hydrogen-bond acceptors (Lipinski definition) is 4. The van der Waals surface area contributed by atoms with E-state index in [-0.39, 0.29) is 0 Å². The van der Waals surface area contributed by atoms with E-state index in [2.05, 4.69) is 15.1 Å². The third-order valence-electron chi connectivity index (χ3n) is 3.50. The largest absolute Gasteiger partial charge is 0.383 e. The minimum atomic E-state index is 0.542. The van der Waals surface area contributed by atoms with Crippen LogP contribution in [0.25, 0.3) is 28.1 Å². The average molecular weight is 287 g/mol. The van der Waals surface area contributed by atoms with Crippen molar-refractivity contribution in [1.82, 2.24) is 19.7 Å². The smallest absolute Gasteiger partial charge is 0.187 e. The lowest BCUT2D eigenvalue weighted by atomic mass is 10.2. The molecule has 5 heteroatoms. The molecular weight excluding hydrogens is 274 g/mol. The van der Waals surface area contributed by atoms with E-state index in [0.29, 0.717) is 17.3 Å². The van der Waals surface area contributed by atoms with Crippen LogP contribution in [0.2, 0.25) is 0 Å². The normalized spacial score (nSPS) is 10.9. The number of anilines is 1. The van der Waals surface area contributed by atoms with E-state index in [1.54, 1.807) is 10.9 Å². The molecule has 0 atom stereocenters. The monoisotopic (exact) mass is 287 g/mol. The van der Waals surface area contributed by atoms with Crippen LogP contribution in [-0.2, 0) is 0 Å². The van der Waals surface area contributed by atoms with Crippen LogP contribution in [0.4, 0.5) is 5.82 Å². The molecule has 0 spiro atoms. The average Bonchev–Trinajstić information content (AvgIpc) is 2.93. The second-order valence-electron chi connectivity index (χ2n) is 4.93. The number of nitrogens with zero attached hydrogens (tertiary/aromatic N) is 4. The SMILES string of the molecule is Nc1c2cnc(-c3ccccc3)nc2nn1-c1ccccc1. The van der Waals surface area contributed by atoms with Crippen LogP contribution in [0.1, 0.15) is 0 Å². The van der Waals surface area contributed by atoms with Gasteiger partial charge in [-0.1, -0.05) is 48.5 Å². The molecule has 2 aromatic carbocycles. The lowest BCUT2D eigenvalue weighted by Gasteiger charge is -2.01. The quantitative estimate of drug-likeness (QED) is 0.615. The number of nitrogens with two attached hydrogens (primary N) is 1. The number of para-hydroxylation sites is 1. The van der Waals surface area contributed by atoms with Gasteiger partial charge in [0.15, 0.2) is 11.5 Å². The molecule has 0 fully saturated rings. The van der Waals surface area contributed by atoms with Crippen LogP contribution < -0.4 is 5.73 Å². The van der Waals surface area contributed by atoms with E-state index in [1.807, 2.05) is 60.7 Å². The lowest BCUT2D eigenvalue weighted by molar-refractivity contribution is 0.900. The molecule has 2 heterocycles. The highest BCUT2D eigenvalue weighted by Gasteiger charge is 2.12. The van der Waals surface area contributed by atoms with Gasteiger partial charge in [-0.15, -0.1) is 5.10 Å². The van der Waals surface area contributed by atoms with E-state index >= 15 is 0 Å². The molecule has 5 nitrogen and oxygen atoms in total. The number of nitrogen functional groups attached to an aromatic ring is 1. The van der Waals surface area contributed by atoms with E-state index in [9.17, 15) is 0 Å². The Labute approximate surface area is 127 Å². The number of hydrogen-bond donors (Lipinski definition) is 1. The van der Waals surface area contributed by atoms with Gasteiger partial charge >= 0.3 is 0 Å². The highest BCUT2D eigenvalue weighted by molar-refractivity contribution is 5.87. The van der Waals surface area contributed by atoms with Gasteiger partial charge in [0.25, 0.3) is 0 Å². The van der Waals surface area contributed by atoms with Gasteiger partial charge in [-0.2, -0.15) is 0 Å². The number of benzene rings is 2. The maximum atomic E-state index is 6.18. The zero-order valence-electron chi connectivity index (χ0n) is 11.7. The van der Waals surface area contributed by atoms with Crippen LogP contribution in [0.15, 0.2) is 66.9 Å². The molecule has 0 unspecified atom stereocenters. The van der Waals surface area contributed by atoms with Crippen LogP contribution in [0.3, 0.4) is 0 Å². The van der Waals surface area contributed by atoms with Gasteiger partial charge in [-0.3, -0.25) is 0 Å². The van der Waals surface area contributed by atoms with Gasteiger partial charge in [0, 0.05) is 11.8 Å². The predicted molar refractivity (Wildman–Crippen MR) is 86.5 cm³/mol. The van der Waals surface area contributed by atoms with E-state index < -0.39 is 0 Å². The molecular formula is C17H13N5. The number of fused-ring (bicyclic) bond motifs is 1. The first-order chi connectivity index (χ1) is 10.8. The van der Waals surface area contributed by atoms with Crippen molar-refractivity contribution >= 4 is 16.9 Å². The Bertz CT molecular complexity index is 929. The Morgan fingerprint density at radius 1 is 0.864 bits per heavy atom. The predicted octanol–water partition coefficient (Wildman–Crippen LogP) is 3.06. The fraction of sp³-hybridized carbons (Fsp3) is 0. The molecule has 0 radical (unpaired) electrons. The molecule has 4 aromatic rings. The summed E-state index contributed by atoms with van der Waals surface area (Å²) in [5.74, 6) is 1.19. The van der Waals surface area contributed by atoms with Crippen molar-refractivity contribution in [3.63, 3.8) is 0 Å². The minimum Gasteiger partial charge on any atom is -0.383 e. The highest BCUT2D eigenvalue weighted by atomic mass is 15.3. The Morgan fingerprint density at radius 3 is 2.27 bits per heavy atom. The van der Waals surface area contributed by atoms with Crippen molar-refractivity contribution in [3.8, 4) is 17.1 Å². The number of aromatic nitrogens is 4. The molecule has 0 aliphatic carbocycles. The molecule has 0 saturated carbocycles. The molecule has 0 aliphatic heterocycles. The molecule has 2 N–H and O–H groups in total. The topological polar surface area (TPSA) is 69.6 Å². The van der Waals surface area contributed by atoms with Crippen LogP contribution in [0.5, 0.6) is 0 Å². The summed E-state index contributed by atoms with van der Waals surface area (Å²) < 4.78 is 1.69. The zero-order chi connectivity index (χ0) is 14.9. The molecule has 0 amide bonds. The summed E-state index contributed by atoms with van der Waals surface area (Å²) in [6.45, 7) is 0. The summed E-state index contributed by atoms with van der Waals surface area (Å²) >= 11 is 0. The fourth-order valence-electron chi connectivity index (χ4n) is 2.38. The lowest BCUT2D eigenvalue weighted by Crippen LogP contribution is -2.01. The Balaban J connectivity index is 1.88. The summed E-state index contributed by atoms with van der Waals surface area (Å²) in [5, 5.41) is 5.26. The van der Waals surface area contributed by atoms with Gasteiger partial charge in [0.05, 0.1) is 11.1 Å². The second-order valence-corrected chi connectivity index (χ2v) is 4.93. The van der Waals surface area contributed by atoms with E-state index in [4.69, 9.17) is 5.73 Å². The van der Waals surface area contributed by atoms with Crippen molar-refractivity contribution < 1.29 is 0 Å². The van der Waals surface area contributed by atoms with Gasteiger partial charge in [0.2, 0.25) is 0 Å². The molecule has 106 valence electrons. The molecule has 0 bridgehead atoms. The first kappa shape index (κ1) is 12.5. The molecule has 2 aromatic heterocycles. The summed E-state index contributed by atoms with van der Waals surface area (Å²) in [5.41, 5.74) is 8.63. The molecule has 22 heavy (non-hydrogen) atoms. The van der Waals surface area contributed by atoms with Gasteiger partial charge in [-0.05, 0) is 12.1 Å². The second kappa shape index (κ2) is 4.96. The van der Waals surface area contributed by atoms with Gasteiger partial charge < -0.3 is 5.73 Å². The highest BCUT2D eigenvalue weighted by Crippen LogP contribution is 2.24. The summed E-state index contributed by atoms with van der Waals surface area (Å²) in [6, 6.07) is 19.6. The maximum Gasteiger partial charge on any atom is 0.187 e. The minimum absolute atomic E-state index is 0.542. The van der Waals surface area contributed by atoms with Crippen molar-refractivity contribution in [2.75, 3.05) is 5.73 Å². The summed E-state index contributed by atoms with van der Waals surface area (Å²) in [6.07, 6.45) is 1.73. The Kier molecular flexibility index (Phi) is 2.83. The molecule has 4 rings (SSSR count). The van der Waals surface area contributed by atoms with Crippen molar-refractivity contribution in [2.24, 2.45) is 0 Å². The standard InChI is InChI=1S/C17H13N5/c18-15-14-11-19-16(12-7-3-1-4-8-12)20-17(14)21-22(15)13-9-5-2-6-10-13/h1-11H,18H2. The van der Waals surface area contributed by atoms with Gasteiger partial charge in [0.1, 0.15) is 5.82 Å². The Morgan fingerprint density at radius 2 is 1.55 bits per heavy atom. The van der Waals surface area contributed by atoms with Crippen molar-refractivity contribution in [1.29, 1.82) is 0 Å². The Hall–Kier alpha value is -3.21. The van der Waals surface area contributed by atoms with Crippen molar-refractivity contribution in [2.45, 2.75) is 0 Å². The number of rotatable bonds is 2. The first-order valence-corrected chi connectivity index (χ1v) is 6.95. The fourth-order valence-corrected chi connectivity index (χ4v) is 2.38. The summed E-state index contributed by atoms with van der Waals surface area (Å²) in [4.78, 5) is 8.93. The van der Waals surface area contributed by atoms with Crippen LogP contribution in [-0.4, -0.2) is 19.7 Å². The molecule has 0 aliphatic rings. The first-order valence-electron chi connectivity index (χ1n) is 6.95. The van der Waals surface area contributed by atoms with Crippen LogP contribution >= 0.6 is 0 Å². The van der Waals surface area contributed by atoms with Gasteiger partial charge in [-0.25, -0.2) is 14.6 Å².